The van der Waals surface area contributed by atoms with E-state index in [1.165, 1.54) is 25.7 Å². The smallest absolute Gasteiger partial charge is 0.0537 e. The zero-order valence-corrected chi connectivity index (χ0v) is 11.5. The van der Waals surface area contributed by atoms with Gasteiger partial charge in [-0.3, -0.25) is 9.89 Å². The van der Waals surface area contributed by atoms with Crippen molar-refractivity contribution in [3.05, 3.63) is 24.9 Å². The molecule has 0 aromatic heterocycles. The van der Waals surface area contributed by atoms with Crippen molar-refractivity contribution in [1.82, 2.24) is 4.90 Å². The molecule has 1 aliphatic rings. The number of aliphatic imine (C=N–C) groups is 1. The summed E-state index contributed by atoms with van der Waals surface area (Å²) in [4.78, 5) is 6.81. The average Bonchev–Trinajstić information content (AvgIpc) is 2.35. The molecule has 17 heavy (non-hydrogen) atoms. The van der Waals surface area contributed by atoms with Gasteiger partial charge in [-0.05, 0) is 51.6 Å². The van der Waals surface area contributed by atoms with Gasteiger partial charge in [-0.1, -0.05) is 19.6 Å². The number of allylic oxidation sites excluding steroid dienone is 1. The van der Waals surface area contributed by atoms with E-state index in [1.807, 2.05) is 25.3 Å². The quantitative estimate of drug-likeness (QED) is 0.663. The average molecular weight is 234 g/mol. The van der Waals surface area contributed by atoms with E-state index in [2.05, 4.69) is 30.4 Å². The molecule has 0 radical (unpaired) electrons. The maximum absolute atomic E-state index is 4.39. The van der Waals surface area contributed by atoms with Gasteiger partial charge >= 0.3 is 0 Å². The third-order valence-electron chi connectivity index (χ3n) is 3.65. The minimum Gasteiger partial charge on any atom is -0.298 e. The molecule has 0 amide bonds. The first-order chi connectivity index (χ1) is 8.17. The molecular formula is C15H26N2. The Kier molecular flexibility index (Phi) is 6.20. The summed E-state index contributed by atoms with van der Waals surface area (Å²) in [7, 11) is 2.20. The van der Waals surface area contributed by atoms with Crippen LogP contribution in [0.2, 0.25) is 0 Å². The fraction of sp³-hybridized carbons (Fsp3) is 0.667. The first-order valence-electron chi connectivity index (χ1n) is 6.67. The maximum atomic E-state index is 4.39. The van der Waals surface area contributed by atoms with E-state index in [-0.39, 0.29) is 0 Å². The van der Waals surface area contributed by atoms with E-state index >= 15 is 0 Å². The monoisotopic (exact) mass is 234 g/mol. The molecular weight excluding hydrogens is 208 g/mol. The van der Waals surface area contributed by atoms with Crippen molar-refractivity contribution in [2.45, 2.75) is 45.6 Å². The van der Waals surface area contributed by atoms with Gasteiger partial charge in [0.05, 0.1) is 5.71 Å². The number of hydrogen-bond acceptors (Lipinski definition) is 2. The summed E-state index contributed by atoms with van der Waals surface area (Å²) < 4.78 is 0. The highest BCUT2D eigenvalue weighted by molar-refractivity contribution is 5.96. The van der Waals surface area contributed by atoms with Crippen LogP contribution in [0.25, 0.3) is 0 Å². The summed E-state index contributed by atoms with van der Waals surface area (Å²) >= 11 is 0. The largest absolute Gasteiger partial charge is 0.298 e. The highest BCUT2D eigenvalue weighted by Gasteiger charge is 2.21. The minimum absolute atomic E-state index is 0.724. The lowest BCUT2D eigenvalue weighted by atomic mass is 9.87. The Morgan fingerprint density at radius 3 is 2.53 bits per heavy atom. The Morgan fingerprint density at radius 1 is 1.35 bits per heavy atom. The number of hydrogen-bond donors (Lipinski definition) is 0. The molecule has 1 fully saturated rings. The highest BCUT2D eigenvalue weighted by Crippen LogP contribution is 2.26. The molecule has 96 valence electrons. The molecule has 0 N–H and O–H groups in total. The van der Waals surface area contributed by atoms with Crippen LogP contribution in [0.4, 0.5) is 0 Å². The van der Waals surface area contributed by atoms with E-state index < -0.39 is 0 Å². The van der Waals surface area contributed by atoms with Gasteiger partial charge in [-0.15, -0.1) is 0 Å². The number of rotatable bonds is 5. The van der Waals surface area contributed by atoms with Gasteiger partial charge in [0.25, 0.3) is 0 Å². The van der Waals surface area contributed by atoms with Crippen molar-refractivity contribution >= 4 is 5.71 Å². The van der Waals surface area contributed by atoms with Crippen molar-refractivity contribution in [3.63, 3.8) is 0 Å². The van der Waals surface area contributed by atoms with E-state index in [1.54, 1.807) is 0 Å². The van der Waals surface area contributed by atoms with Crippen molar-refractivity contribution in [2.24, 2.45) is 10.9 Å². The summed E-state index contributed by atoms with van der Waals surface area (Å²) in [6.45, 7) is 9.09. The zero-order chi connectivity index (χ0) is 12.7. The fourth-order valence-corrected chi connectivity index (χ4v) is 2.40. The van der Waals surface area contributed by atoms with Crippen LogP contribution in [0.15, 0.2) is 29.9 Å². The van der Waals surface area contributed by atoms with Gasteiger partial charge in [0, 0.05) is 18.8 Å². The lowest BCUT2D eigenvalue weighted by Crippen LogP contribution is -2.37. The Hall–Kier alpha value is -0.890. The Bertz CT molecular complexity index is 283. The second kappa shape index (κ2) is 7.44. The first kappa shape index (κ1) is 14.2. The molecule has 0 atom stereocenters. The summed E-state index contributed by atoms with van der Waals surface area (Å²) in [6, 6.07) is 0.724. The van der Waals surface area contributed by atoms with Crippen LogP contribution < -0.4 is 0 Å². The molecule has 1 rings (SSSR count). The molecule has 1 saturated carbocycles. The van der Waals surface area contributed by atoms with Crippen LogP contribution in [0.3, 0.4) is 0 Å². The minimum atomic E-state index is 0.724. The molecule has 0 aromatic rings. The molecule has 0 saturated heterocycles. The van der Waals surface area contributed by atoms with E-state index in [4.69, 9.17) is 0 Å². The molecule has 2 heteroatoms. The maximum Gasteiger partial charge on any atom is 0.0537 e. The van der Waals surface area contributed by atoms with Crippen molar-refractivity contribution in [1.29, 1.82) is 0 Å². The van der Waals surface area contributed by atoms with Crippen molar-refractivity contribution in [2.75, 3.05) is 13.6 Å². The Labute approximate surface area is 106 Å². The van der Waals surface area contributed by atoms with Gasteiger partial charge in [0.15, 0.2) is 0 Å². The second-order valence-electron chi connectivity index (χ2n) is 5.14. The van der Waals surface area contributed by atoms with Crippen LogP contribution >= 0.6 is 0 Å². The van der Waals surface area contributed by atoms with Crippen LogP contribution in [0.5, 0.6) is 0 Å². The van der Waals surface area contributed by atoms with E-state index in [0.29, 0.717) is 0 Å². The van der Waals surface area contributed by atoms with Crippen molar-refractivity contribution < 1.29 is 0 Å². The first-order valence-corrected chi connectivity index (χ1v) is 6.67. The number of nitrogens with zero attached hydrogens (tertiary/aromatic N) is 2. The van der Waals surface area contributed by atoms with Gasteiger partial charge in [0.1, 0.15) is 0 Å². The predicted octanol–water partition coefficient (Wildman–Crippen LogP) is 3.66. The second-order valence-corrected chi connectivity index (χ2v) is 5.14. The predicted molar refractivity (Wildman–Crippen MR) is 76.5 cm³/mol. The van der Waals surface area contributed by atoms with Gasteiger partial charge in [-0.2, -0.15) is 0 Å². The summed E-state index contributed by atoms with van der Waals surface area (Å²) in [5.74, 6) is 0.912. The molecule has 0 heterocycles. The zero-order valence-electron chi connectivity index (χ0n) is 11.5. The van der Waals surface area contributed by atoms with Crippen LogP contribution in [0.1, 0.15) is 39.5 Å². The lowest BCUT2D eigenvalue weighted by molar-refractivity contribution is 0.189. The third-order valence-corrected chi connectivity index (χ3v) is 3.65. The molecule has 0 aromatic carbocycles. The summed E-state index contributed by atoms with van der Waals surface area (Å²) in [6.07, 6.45) is 11.0. The summed E-state index contributed by atoms with van der Waals surface area (Å²) in [5.41, 5.74) is 1.06. The third kappa shape index (κ3) is 4.86. The molecule has 1 aliphatic carbocycles. The van der Waals surface area contributed by atoms with Gasteiger partial charge in [-0.25, -0.2) is 0 Å². The fourth-order valence-electron chi connectivity index (χ4n) is 2.40. The van der Waals surface area contributed by atoms with Gasteiger partial charge < -0.3 is 0 Å². The normalized spacial score (nSPS) is 26.7. The Morgan fingerprint density at radius 2 is 2.00 bits per heavy atom. The molecule has 0 aliphatic heterocycles. The van der Waals surface area contributed by atoms with Crippen LogP contribution in [-0.4, -0.2) is 30.2 Å². The molecule has 0 bridgehead atoms. The lowest BCUT2D eigenvalue weighted by Gasteiger charge is -2.33. The summed E-state index contributed by atoms with van der Waals surface area (Å²) in [5, 5.41) is 0. The SMILES string of the molecule is C=CC(CN(C)C1CCC(C)CC1)=N/C=C\C. The van der Waals surface area contributed by atoms with E-state index in [0.717, 1.165) is 24.2 Å². The Balaban J connectivity index is 2.47. The molecule has 0 unspecified atom stereocenters. The van der Waals surface area contributed by atoms with E-state index in [9.17, 15) is 0 Å². The van der Waals surface area contributed by atoms with Crippen molar-refractivity contribution in [3.8, 4) is 0 Å². The van der Waals surface area contributed by atoms with Gasteiger partial charge in [0.2, 0.25) is 0 Å². The topological polar surface area (TPSA) is 15.6 Å². The van der Waals surface area contributed by atoms with Crippen LogP contribution in [0, 0.1) is 5.92 Å². The van der Waals surface area contributed by atoms with Crippen LogP contribution in [-0.2, 0) is 0 Å². The molecule has 0 spiro atoms. The molecule has 2 nitrogen and oxygen atoms in total. The standard InChI is InChI=1S/C15H26N2/c1-5-11-16-14(6-2)12-17(4)15-9-7-13(3)8-10-15/h5-6,11,13,15H,2,7-10,12H2,1,3-4H3/b11-5-,16-14?. The highest BCUT2D eigenvalue weighted by atomic mass is 15.1.